The monoisotopic (exact) mass is 322 g/mol. The molecule has 3 N–H and O–H groups in total. The molecule has 22 heavy (non-hydrogen) atoms. The number of nitrogens with zero attached hydrogens (tertiary/aromatic N) is 3. The zero-order valence-electron chi connectivity index (χ0n) is 11.9. The van der Waals surface area contributed by atoms with Crippen molar-refractivity contribution >= 4 is 21.8 Å². The highest BCUT2D eigenvalue weighted by molar-refractivity contribution is 7.89. The molecule has 0 saturated heterocycles. The quantitative estimate of drug-likeness (QED) is 0.847. The Balaban J connectivity index is 2.44. The Bertz CT molecular complexity index is 816. The molecule has 0 aliphatic rings. The van der Waals surface area contributed by atoms with Gasteiger partial charge in [-0.1, -0.05) is 12.1 Å². The molecule has 0 aliphatic carbocycles. The van der Waals surface area contributed by atoms with Crippen LogP contribution < -0.4 is 5.73 Å². The van der Waals surface area contributed by atoms with Gasteiger partial charge in [-0.05, 0) is 12.1 Å². The first-order valence-corrected chi connectivity index (χ1v) is 7.56. The summed E-state index contributed by atoms with van der Waals surface area (Å²) in [7, 11) is -0.644. The smallest absolute Gasteiger partial charge is 0.358 e. The summed E-state index contributed by atoms with van der Waals surface area (Å²) < 4.78 is 25.0. The lowest BCUT2D eigenvalue weighted by Gasteiger charge is -2.11. The molecule has 0 spiro atoms. The van der Waals surface area contributed by atoms with E-state index in [1.54, 1.807) is 0 Å². The molecule has 0 bridgehead atoms. The number of nitrogen functional groups attached to an aromatic ring is 1. The average Bonchev–Trinajstić information content (AvgIpc) is 2.47. The van der Waals surface area contributed by atoms with Crippen LogP contribution >= 0.6 is 0 Å². The first-order chi connectivity index (χ1) is 10.2. The highest BCUT2D eigenvalue weighted by Crippen LogP contribution is 2.21. The number of anilines is 1. The number of aromatic carboxylic acids is 1. The van der Waals surface area contributed by atoms with Gasteiger partial charge >= 0.3 is 5.97 Å². The molecule has 0 saturated carbocycles. The molecule has 0 aliphatic heterocycles. The topological polar surface area (TPSA) is 126 Å². The van der Waals surface area contributed by atoms with E-state index in [-0.39, 0.29) is 16.4 Å². The number of benzene rings is 1. The Morgan fingerprint density at radius 1 is 1.23 bits per heavy atom. The van der Waals surface area contributed by atoms with Crippen molar-refractivity contribution in [2.45, 2.75) is 4.90 Å². The minimum Gasteiger partial charge on any atom is -0.476 e. The van der Waals surface area contributed by atoms with Gasteiger partial charge in [-0.2, -0.15) is 0 Å². The van der Waals surface area contributed by atoms with Gasteiger partial charge in [0.25, 0.3) is 0 Å². The van der Waals surface area contributed by atoms with Crippen molar-refractivity contribution in [3.05, 3.63) is 36.2 Å². The molecule has 0 radical (unpaired) electrons. The van der Waals surface area contributed by atoms with Crippen LogP contribution in [0.1, 0.15) is 10.5 Å². The van der Waals surface area contributed by atoms with Crippen LogP contribution in [-0.4, -0.2) is 47.9 Å². The van der Waals surface area contributed by atoms with E-state index in [0.717, 1.165) is 4.31 Å². The fourth-order valence-corrected chi connectivity index (χ4v) is 2.61. The van der Waals surface area contributed by atoms with Crippen LogP contribution in [0, 0.1) is 0 Å². The molecule has 1 heterocycles. The van der Waals surface area contributed by atoms with Gasteiger partial charge in [-0.25, -0.2) is 27.5 Å². The van der Waals surface area contributed by atoms with E-state index in [4.69, 9.17) is 10.8 Å². The highest BCUT2D eigenvalue weighted by Gasteiger charge is 2.17. The number of rotatable bonds is 4. The second-order valence-electron chi connectivity index (χ2n) is 4.61. The second-order valence-corrected chi connectivity index (χ2v) is 6.76. The molecule has 1 aromatic heterocycles. The summed E-state index contributed by atoms with van der Waals surface area (Å²) in [4.78, 5) is 18.8. The van der Waals surface area contributed by atoms with Crippen LogP contribution in [0.3, 0.4) is 0 Å². The Morgan fingerprint density at radius 3 is 2.32 bits per heavy atom. The predicted octanol–water partition coefficient (Wildman–Crippen LogP) is 0.674. The summed E-state index contributed by atoms with van der Waals surface area (Å²) in [6, 6.07) is 5.90. The Kier molecular flexibility index (Phi) is 4.11. The van der Waals surface area contributed by atoms with Gasteiger partial charge < -0.3 is 10.8 Å². The van der Waals surface area contributed by atoms with E-state index in [1.165, 1.54) is 44.6 Å². The molecule has 0 atom stereocenters. The van der Waals surface area contributed by atoms with Crippen LogP contribution in [0.25, 0.3) is 11.3 Å². The lowest BCUT2D eigenvalue weighted by molar-refractivity contribution is 0.0691. The number of carboxylic acid groups (broad SMARTS) is 1. The van der Waals surface area contributed by atoms with Crippen molar-refractivity contribution in [3.63, 3.8) is 0 Å². The number of sulfonamides is 1. The molecule has 116 valence electrons. The lowest BCUT2D eigenvalue weighted by atomic mass is 10.1. The normalized spacial score (nSPS) is 11.6. The van der Waals surface area contributed by atoms with E-state index in [1.807, 2.05) is 0 Å². The SMILES string of the molecule is CN(C)S(=O)(=O)c1ccc(-c2cnc(N)c(C(=O)O)n2)cc1. The second kappa shape index (κ2) is 5.70. The van der Waals surface area contributed by atoms with E-state index < -0.39 is 16.0 Å². The molecule has 2 aromatic rings. The number of carbonyl (C=O) groups is 1. The average molecular weight is 322 g/mol. The van der Waals surface area contributed by atoms with Crippen LogP contribution in [0.4, 0.5) is 5.82 Å². The van der Waals surface area contributed by atoms with Gasteiger partial charge in [-0.3, -0.25) is 0 Å². The highest BCUT2D eigenvalue weighted by atomic mass is 32.2. The molecule has 0 fully saturated rings. The van der Waals surface area contributed by atoms with E-state index in [2.05, 4.69) is 9.97 Å². The molecular formula is C13H14N4O4S. The summed E-state index contributed by atoms with van der Waals surface area (Å²) in [5.41, 5.74) is 5.93. The minimum absolute atomic E-state index is 0.128. The number of carboxylic acids is 1. The summed E-state index contributed by atoms with van der Waals surface area (Å²) in [6.07, 6.45) is 1.33. The van der Waals surface area contributed by atoms with Crippen molar-refractivity contribution in [1.82, 2.24) is 14.3 Å². The third kappa shape index (κ3) is 2.90. The number of hydrogen-bond donors (Lipinski definition) is 2. The van der Waals surface area contributed by atoms with E-state index in [0.29, 0.717) is 11.3 Å². The fraction of sp³-hybridized carbons (Fsp3) is 0.154. The van der Waals surface area contributed by atoms with Crippen molar-refractivity contribution < 1.29 is 18.3 Å². The van der Waals surface area contributed by atoms with Crippen LogP contribution in [0.15, 0.2) is 35.4 Å². The molecule has 2 rings (SSSR count). The molecular weight excluding hydrogens is 308 g/mol. The van der Waals surface area contributed by atoms with Crippen molar-refractivity contribution in [2.24, 2.45) is 0 Å². The molecule has 8 nitrogen and oxygen atoms in total. The minimum atomic E-state index is -3.52. The number of aromatic nitrogens is 2. The van der Waals surface area contributed by atoms with Gasteiger partial charge in [0.05, 0.1) is 16.8 Å². The summed E-state index contributed by atoms with van der Waals surface area (Å²) in [6.45, 7) is 0. The first-order valence-electron chi connectivity index (χ1n) is 6.12. The van der Waals surface area contributed by atoms with Crippen molar-refractivity contribution in [1.29, 1.82) is 0 Å². The fourth-order valence-electron chi connectivity index (χ4n) is 1.70. The van der Waals surface area contributed by atoms with Gasteiger partial charge in [0.1, 0.15) is 0 Å². The molecule has 1 aromatic carbocycles. The largest absolute Gasteiger partial charge is 0.476 e. The molecule has 9 heteroatoms. The molecule has 0 unspecified atom stereocenters. The predicted molar refractivity (Wildman–Crippen MR) is 79.7 cm³/mol. The molecule has 0 amide bonds. The van der Waals surface area contributed by atoms with Crippen molar-refractivity contribution in [3.8, 4) is 11.3 Å². The summed E-state index contributed by atoms with van der Waals surface area (Å²) in [5.74, 6) is -1.46. The third-order valence-corrected chi connectivity index (χ3v) is 4.76. The zero-order chi connectivity index (χ0) is 16.5. The van der Waals surface area contributed by atoms with Crippen LogP contribution in [0.2, 0.25) is 0 Å². The third-order valence-electron chi connectivity index (χ3n) is 2.93. The maximum absolute atomic E-state index is 12.0. The van der Waals surface area contributed by atoms with Crippen molar-refractivity contribution in [2.75, 3.05) is 19.8 Å². The number of hydrogen-bond acceptors (Lipinski definition) is 6. The lowest BCUT2D eigenvalue weighted by Crippen LogP contribution is -2.22. The summed E-state index contributed by atoms with van der Waals surface area (Å²) >= 11 is 0. The zero-order valence-corrected chi connectivity index (χ0v) is 12.7. The van der Waals surface area contributed by atoms with Gasteiger partial charge in [0.15, 0.2) is 11.5 Å². The van der Waals surface area contributed by atoms with Gasteiger partial charge in [-0.15, -0.1) is 0 Å². The van der Waals surface area contributed by atoms with E-state index in [9.17, 15) is 13.2 Å². The number of nitrogens with two attached hydrogens (primary N) is 1. The van der Waals surface area contributed by atoms with Crippen LogP contribution in [-0.2, 0) is 10.0 Å². The summed E-state index contributed by atoms with van der Waals surface area (Å²) in [5, 5.41) is 8.98. The maximum Gasteiger partial charge on any atom is 0.358 e. The van der Waals surface area contributed by atoms with Crippen LogP contribution in [0.5, 0.6) is 0 Å². The standard InChI is InChI=1S/C13H14N4O4S/c1-17(2)22(20,21)9-5-3-8(4-6-9)10-7-15-12(14)11(16-10)13(18)19/h3-7H,1-2H3,(H2,14,15)(H,18,19). The van der Waals surface area contributed by atoms with E-state index >= 15 is 0 Å². The van der Waals surface area contributed by atoms with Gasteiger partial charge in [0, 0.05) is 19.7 Å². The Morgan fingerprint density at radius 2 is 1.82 bits per heavy atom. The van der Waals surface area contributed by atoms with Gasteiger partial charge in [0.2, 0.25) is 10.0 Å². The first kappa shape index (κ1) is 15.9. The Hall–Kier alpha value is -2.52. The maximum atomic E-state index is 12.0. The Labute approximate surface area is 127 Å².